The zero-order valence-electron chi connectivity index (χ0n) is 14.8. The molecule has 1 heterocycles. The van der Waals surface area contributed by atoms with Crippen molar-refractivity contribution < 1.29 is 14.7 Å². The second kappa shape index (κ2) is 6.69. The van der Waals surface area contributed by atoms with Crippen molar-refractivity contribution in [2.75, 3.05) is 0 Å². The van der Waals surface area contributed by atoms with E-state index >= 15 is 0 Å². The Bertz CT molecular complexity index is 759. The minimum atomic E-state index is -0.821. The average Bonchev–Trinajstić information content (AvgIpc) is 3.49. The van der Waals surface area contributed by atoms with Gasteiger partial charge in [-0.05, 0) is 30.9 Å². The van der Waals surface area contributed by atoms with E-state index in [4.69, 9.17) is 0 Å². The van der Waals surface area contributed by atoms with E-state index in [2.05, 4.69) is 0 Å². The van der Waals surface area contributed by atoms with Crippen LogP contribution in [0.25, 0.3) is 0 Å². The number of carbonyl (C=O) groups excluding carboxylic acids is 2. The van der Waals surface area contributed by atoms with Gasteiger partial charge in [-0.15, -0.1) is 0 Å². The number of hydrogen-bond acceptors (Lipinski definition) is 3. The maximum absolute atomic E-state index is 13.0. The summed E-state index contributed by atoms with van der Waals surface area (Å²) in [5.74, 6) is -0.619. The van der Waals surface area contributed by atoms with Crippen molar-refractivity contribution in [3.05, 3.63) is 71.8 Å². The molecular formula is C22H23NO3. The molecular weight excluding hydrogens is 326 g/mol. The number of ketones is 1. The Hall–Kier alpha value is -2.46. The molecule has 2 aromatic rings. The van der Waals surface area contributed by atoms with Crippen LogP contribution in [0.2, 0.25) is 0 Å². The number of aliphatic hydroxyl groups excluding tert-OH is 1. The quantitative estimate of drug-likeness (QED) is 0.816. The summed E-state index contributed by atoms with van der Waals surface area (Å²) in [6.45, 7) is 1.60. The molecule has 3 atom stereocenters. The van der Waals surface area contributed by atoms with Gasteiger partial charge in [-0.25, -0.2) is 0 Å². The number of likely N-dealkylation sites (tertiary alicyclic amines) is 1. The number of Topliss-reactive ketones (excluding diaryl/α,β-unsaturated/α-hetero) is 1. The van der Waals surface area contributed by atoms with Gasteiger partial charge in [0.25, 0.3) is 0 Å². The Morgan fingerprint density at radius 2 is 1.50 bits per heavy atom. The maximum Gasteiger partial charge on any atom is 0.232 e. The molecule has 1 amide bonds. The highest BCUT2D eigenvalue weighted by molar-refractivity contribution is 6.02. The fraction of sp³-hybridized carbons (Fsp3) is 0.364. The Balaban J connectivity index is 1.76. The lowest BCUT2D eigenvalue weighted by Crippen LogP contribution is -2.68. The average molecular weight is 349 g/mol. The van der Waals surface area contributed by atoms with Gasteiger partial charge in [-0.1, -0.05) is 60.7 Å². The van der Waals surface area contributed by atoms with E-state index in [-0.39, 0.29) is 23.7 Å². The van der Waals surface area contributed by atoms with Gasteiger partial charge in [-0.3, -0.25) is 9.59 Å². The van der Waals surface area contributed by atoms with Crippen LogP contribution >= 0.6 is 0 Å². The molecule has 0 bridgehead atoms. The van der Waals surface area contributed by atoms with Crippen LogP contribution in [0.3, 0.4) is 0 Å². The van der Waals surface area contributed by atoms with Crippen molar-refractivity contribution in [3.8, 4) is 0 Å². The summed E-state index contributed by atoms with van der Waals surface area (Å²) in [6, 6.07) is 18.7. The molecule has 2 aliphatic rings. The van der Waals surface area contributed by atoms with Crippen LogP contribution in [0, 0.1) is 11.8 Å². The van der Waals surface area contributed by atoms with E-state index < -0.39 is 18.1 Å². The minimum absolute atomic E-state index is 0.0454. The molecule has 0 spiro atoms. The zero-order chi connectivity index (χ0) is 18.3. The van der Waals surface area contributed by atoms with Gasteiger partial charge in [0.1, 0.15) is 6.04 Å². The molecule has 0 radical (unpaired) electrons. The first-order valence-corrected chi connectivity index (χ1v) is 9.23. The first-order chi connectivity index (χ1) is 12.6. The second-order valence-corrected chi connectivity index (χ2v) is 7.36. The van der Waals surface area contributed by atoms with Crippen LogP contribution in [0.5, 0.6) is 0 Å². The molecule has 134 valence electrons. The van der Waals surface area contributed by atoms with Crippen molar-refractivity contribution in [2.45, 2.75) is 38.0 Å². The molecule has 4 rings (SSSR count). The van der Waals surface area contributed by atoms with Gasteiger partial charge in [-0.2, -0.15) is 0 Å². The summed E-state index contributed by atoms with van der Waals surface area (Å²) in [5, 5.41) is 10.1. The van der Waals surface area contributed by atoms with Crippen molar-refractivity contribution in [2.24, 2.45) is 11.8 Å². The topological polar surface area (TPSA) is 57.6 Å². The van der Waals surface area contributed by atoms with E-state index in [1.807, 2.05) is 60.7 Å². The lowest BCUT2D eigenvalue weighted by molar-refractivity contribution is -0.173. The minimum Gasteiger partial charge on any atom is -0.392 e. The fourth-order valence-electron chi connectivity index (χ4n) is 4.00. The standard InChI is InChI=1S/C22H23NO3/c1-14(24)18-20(21(25)17-12-13-17)23(22(18)26)19(15-8-4-2-5-9-15)16-10-6-3-7-11-16/h2-11,14,17-20,24H,12-13H2,1H3/t14-,18-,20+/m1/s1. The number of benzene rings is 2. The van der Waals surface area contributed by atoms with Crippen molar-refractivity contribution in [1.29, 1.82) is 0 Å². The SMILES string of the molecule is C[C@@H](O)[C@H]1C(=O)N(C(c2ccccc2)c2ccccc2)[C@@H]1C(=O)C1CC1. The lowest BCUT2D eigenvalue weighted by Gasteiger charge is -2.51. The van der Waals surface area contributed by atoms with Crippen LogP contribution in [-0.4, -0.2) is 33.8 Å². The molecule has 26 heavy (non-hydrogen) atoms. The molecule has 0 aromatic heterocycles. The first-order valence-electron chi connectivity index (χ1n) is 9.23. The summed E-state index contributed by atoms with van der Waals surface area (Å²) < 4.78 is 0. The van der Waals surface area contributed by atoms with Crippen LogP contribution in [0.15, 0.2) is 60.7 Å². The Kier molecular flexibility index (Phi) is 4.37. The number of rotatable bonds is 6. The van der Waals surface area contributed by atoms with Gasteiger partial charge >= 0.3 is 0 Å². The summed E-state index contributed by atoms with van der Waals surface area (Å²) in [6.07, 6.45) is 0.967. The molecule has 2 aromatic carbocycles. The van der Waals surface area contributed by atoms with Crippen LogP contribution in [0.4, 0.5) is 0 Å². The van der Waals surface area contributed by atoms with Crippen molar-refractivity contribution >= 4 is 11.7 Å². The number of nitrogens with zero attached hydrogens (tertiary/aromatic N) is 1. The number of amides is 1. The van der Waals surface area contributed by atoms with Crippen LogP contribution in [-0.2, 0) is 9.59 Å². The van der Waals surface area contributed by atoms with Crippen LogP contribution < -0.4 is 0 Å². The lowest BCUT2D eigenvalue weighted by atomic mass is 9.76. The maximum atomic E-state index is 13.0. The first kappa shape index (κ1) is 17.0. The summed E-state index contributed by atoms with van der Waals surface area (Å²) in [5.41, 5.74) is 1.95. The number of aliphatic hydroxyl groups is 1. The third-order valence-corrected chi connectivity index (χ3v) is 5.48. The number of hydrogen-bond donors (Lipinski definition) is 1. The van der Waals surface area contributed by atoms with E-state index in [1.54, 1.807) is 11.8 Å². The Morgan fingerprint density at radius 1 is 1.00 bits per heavy atom. The van der Waals surface area contributed by atoms with Crippen molar-refractivity contribution in [3.63, 3.8) is 0 Å². The van der Waals surface area contributed by atoms with Gasteiger partial charge in [0.15, 0.2) is 5.78 Å². The van der Waals surface area contributed by atoms with E-state index in [1.165, 1.54) is 0 Å². The van der Waals surface area contributed by atoms with Gasteiger partial charge in [0, 0.05) is 5.92 Å². The molecule has 2 fully saturated rings. The molecule has 1 aliphatic carbocycles. The molecule has 1 N–H and O–H groups in total. The van der Waals surface area contributed by atoms with Crippen LogP contribution in [0.1, 0.15) is 36.9 Å². The smallest absolute Gasteiger partial charge is 0.232 e. The normalized spacial score (nSPS) is 23.7. The zero-order valence-corrected chi connectivity index (χ0v) is 14.8. The molecule has 4 heteroatoms. The third-order valence-electron chi connectivity index (χ3n) is 5.48. The number of β-lactam (4-membered cyclic amide) rings is 1. The molecule has 1 saturated heterocycles. The Morgan fingerprint density at radius 3 is 1.92 bits per heavy atom. The highest BCUT2D eigenvalue weighted by Crippen LogP contribution is 2.45. The summed E-state index contributed by atoms with van der Waals surface area (Å²) >= 11 is 0. The van der Waals surface area contributed by atoms with E-state index in [0.29, 0.717) is 0 Å². The molecule has 1 saturated carbocycles. The summed E-state index contributed by atoms with van der Waals surface area (Å²) in [7, 11) is 0. The Labute approximate surface area is 153 Å². The van der Waals surface area contributed by atoms with E-state index in [0.717, 1.165) is 24.0 Å². The predicted octanol–water partition coefficient (Wildman–Crippen LogP) is 2.96. The predicted molar refractivity (Wildman–Crippen MR) is 98.3 cm³/mol. The molecule has 0 unspecified atom stereocenters. The summed E-state index contributed by atoms with van der Waals surface area (Å²) in [4.78, 5) is 27.6. The molecule has 4 nitrogen and oxygen atoms in total. The molecule has 1 aliphatic heterocycles. The highest BCUT2D eigenvalue weighted by Gasteiger charge is 2.58. The van der Waals surface area contributed by atoms with Gasteiger partial charge in [0.05, 0.1) is 18.1 Å². The van der Waals surface area contributed by atoms with E-state index in [9.17, 15) is 14.7 Å². The highest BCUT2D eigenvalue weighted by atomic mass is 16.3. The fourth-order valence-corrected chi connectivity index (χ4v) is 4.00. The van der Waals surface area contributed by atoms with Crippen molar-refractivity contribution in [1.82, 2.24) is 4.90 Å². The number of carbonyl (C=O) groups is 2. The monoisotopic (exact) mass is 349 g/mol. The van der Waals surface area contributed by atoms with Gasteiger partial charge in [0.2, 0.25) is 5.91 Å². The third kappa shape index (κ3) is 2.84. The second-order valence-electron chi connectivity index (χ2n) is 7.36. The largest absolute Gasteiger partial charge is 0.392 e. The van der Waals surface area contributed by atoms with Gasteiger partial charge < -0.3 is 10.0 Å².